The number of carboxylic acids is 4. The molecule has 13 heteroatoms. The Kier molecular flexibility index (Phi) is 29.6. The minimum atomic E-state index is -1.86. The van der Waals surface area contributed by atoms with Gasteiger partial charge in [-0.2, -0.15) is 0 Å². The summed E-state index contributed by atoms with van der Waals surface area (Å²) in [7, 11) is 0. The molecule has 0 aliphatic carbocycles. The van der Waals surface area contributed by atoms with Gasteiger partial charge in [0.2, 0.25) is 0 Å². The van der Waals surface area contributed by atoms with Crippen LogP contribution in [0.15, 0.2) is 0 Å². The number of carbonyl (C=O) groups is 4. The van der Waals surface area contributed by atoms with E-state index in [1.54, 1.807) is 0 Å². The Morgan fingerprint density at radius 1 is 0.857 bits per heavy atom. The van der Waals surface area contributed by atoms with Gasteiger partial charge in [-0.15, -0.1) is 0 Å². The summed E-state index contributed by atoms with van der Waals surface area (Å²) in [6.45, 7) is 0. The van der Waals surface area contributed by atoms with Gasteiger partial charge < -0.3 is 30.0 Å². The fourth-order valence-corrected chi connectivity index (χ4v) is 1.01. The van der Waals surface area contributed by atoms with Gasteiger partial charge >= 0.3 is 130 Å². The predicted molar refractivity (Wildman–Crippen MR) is 45.2 cm³/mol. The quantitative estimate of drug-likeness (QED) is 0.364. The minimum Gasteiger partial charge on any atom is -0.550 e. The molecule has 3 N–H and O–H groups in total. The summed E-state index contributed by atoms with van der Waals surface area (Å²) in [6.07, 6.45) is -1.92. The second kappa shape index (κ2) is 18.2. The molecule has 0 aromatic carbocycles. The molecule has 0 heterocycles. The molecular formula is C8H9NNa4O8+2. The molecule has 2 atom stereocenters. The van der Waals surface area contributed by atoms with E-state index in [-0.39, 0.29) is 118 Å². The van der Waals surface area contributed by atoms with E-state index in [1.165, 1.54) is 0 Å². The first kappa shape index (κ1) is 34.2. The van der Waals surface area contributed by atoms with Gasteiger partial charge in [0.05, 0.1) is 18.4 Å². The van der Waals surface area contributed by atoms with Crippen LogP contribution in [0.1, 0.15) is 12.8 Å². The van der Waals surface area contributed by atoms with Crippen LogP contribution >= 0.6 is 0 Å². The van der Waals surface area contributed by atoms with Gasteiger partial charge in [-0.05, 0) is 0 Å². The molecule has 0 aliphatic rings. The molecule has 0 aromatic rings. The summed E-state index contributed by atoms with van der Waals surface area (Å²) in [6, 6.07) is -3.56. The zero-order valence-electron chi connectivity index (χ0n) is 12.4. The molecular weight excluding hydrogens is 330 g/mol. The Labute approximate surface area is 208 Å². The zero-order valence-corrected chi connectivity index (χ0v) is 20.4. The van der Waals surface area contributed by atoms with Gasteiger partial charge in [0, 0.05) is 12.4 Å². The number of rotatable bonds is 8. The van der Waals surface area contributed by atoms with Crippen LogP contribution in [0.5, 0.6) is 0 Å². The minimum absolute atomic E-state index is 0. The van der Waals surface area contributed by atoms with Crippen LogP contribution in [0, 0.1) is 0 Å². The van der Waals surface area contributed by atoms with Crippen LogP contribution in [0.4, 0.5) is 0 Å². The topological polar surface area (TPSA) is 167 Å². The van der Waals surface area contributed by atoms with E-state index < -0.39 is 48.8 Å². The second-order valence-electron chi connectivity index (χ2n) is 3.10. The summed E-state index contributed by atoms with van der Waals surface area (Å²) in [5.74, 6) is -6.68. The van der Waals surface area contributed by atoms with Crippen molar-refractivity contribution in [1.82, 2.24) is 5.32 Å². The molecule has 0 aromatic heterocycles. The molecule has 96 valence electrons. The largest absolute Gasteiger partial charge is 1.00 e. The van der Waals surface area contributed by atoms with Crippen molar-refractivity contribution >= 4 is 23.9 Å². The first-order valence-corrected chi connectivity index (χ1v) is 4.35. The third-order valence-electron chi connectivity index (χ3n) is 1.73. The van der Waals surface area contributed by atoms with Gasteiger partial charge in [0.1, 0.15) is 6.04 Å². The average molecular weight is 339 g/mol. The van der Waals surface area contributed by atoms with Crippen molar-refractivity contribution in [2.45, 2.75) is 24.9 Å². The van der Waals surface area contributed by atoms with Gasteiger partial charge in [0.25, 0.3) is 0 Å². The maximum absolute atomic E-state index is 10.6. The summed E-state index contributed by atoms with van der Waals surface area (Å²) in [4.78, 5) is 41.5. The average Bonchev–Trinajstić information content (AvgIpc) is 2.13. The SMILES string of the molecule is O=C([O-])CC(NC(CC(=O)O)C(=O)O)C(=O)[O-].[Na+].[Na+].[Na+].[Na+]. The number of carboxylic acid groups (broad SMARTS) is 4. The van der Waals surface area contributed by atoms with E-state index in [4.69, 9.17) is 10.2 Å². The van der Waals surface area contributed by atoms with Gasteiger partial charge in [-0.25, -0.2) is 0 Å². The van der Waals surface area contributed by atoms with E-state index in [9.17, 15) is 29.4 Å². The van der Waals surface area contributed by atoms with Crippen molar-refractivity contribution in [2.24, 2.45) is 0 Å². The summed E-state index contributed by atoms with van der Waals surface area (Å²) >= 11 is 0. The third-order valence-corrected chi connectivity index (χ3v) is 1.73. The molecule has 0 amide bonds. The molecule has 0 spiro atoms. The second-order valence-corrected chi connectivity index (χ2v) is 3.10. The van der Waals surface area contributed by atoms with E-state index in [0.29, 0.717) is 0 Å². The third kappa shape index (κ3) is 18.0. The number of aliphatic carboxylic acids is 4. The maximum atomic E-state index is 10.6. The van der Waals surface area contributed by atoms with E-state index in [2.05, 4.69) is 0 Å². The van der Waals surface area contributed by atoms with Crippen molar-refractivity contribution in [3.05, 3.63) is 0 Å². The Morgan fingerprint density at radius 2 is 1.29 bits per heavy atom. The fraction of sp³-hybridized carbons (Fsp3) is 0.500. The monoisotopic (exact) mass is 339 g/mol. The first-order chi connectivity index (χ1) is 7.73. The Morgan fingerprint density at radius 3 is 1.52 bits per heavy atom. The molecule has 0 bridgehead atoms. The van der Waals surface area contributed by atoms with E-state index >= 15 is 0 Å². The summed E-state index contributed by atoms with van der Waals surface area (Å²) in [5, 5.41) is 39.5. The van der Waals surface area contributed by atoms with Crippen molar-refractivity contribution in [3.63, 3.8) is 0 Å². The van der Waals surface area contributed by atoms with Crippen LogP contribution in [-0.4, -0.2) is 46.2 Å². The van der Waals surface area contributed by atoms with Crippen LogP contribution in [0.2, 0.25) is 0 Å². The van der Waals surface area contributed by atoms with E-state index in [1.807, 2.05) is 5.32 Å². The van der Waals surface area contributed by atoms with Gasteiger partial charge in [-0.1, -0.05) is 0 Å². The number of nitrogens with one attached hydrogen (secondary N) is 1. The normalized spacial score (nSPS) is 11.0. The maximum Gasteiger partial charge on any atom is 1.00 e. The molecule has 0 rings (SSSR count). The van der Waals surface area contributed by atoms with Gasteiger partial charge in [0.15, 0.2) is 0 Å². The molecule has 0 saturated carbocycles. The standard InChI is InChI=1S/C8H11NO8.4Na/c10-5(11)1-3(7(14)15)9-4(8(16)17)2-6(12)13;;;;/h3-4,9H,1-2H2,(H,10,11)(H,12,13)(H,14,15)(H,16,17);;;;/q;4*+1/p-2. The molecule has 0 fully saturated rings. The number of hydrogen-bond acceptors (Lipinski definition) is 7. The van der Waals surface area contributed by atoms with Gasteiger partial charge in [-0.3, -0.25) is 14.9 Å². The Bertz CT molecular complexity index is 321. The summed E-state index contributed by atoms with van der Waals surface area (Å²) in [5.41, 5.74) is 0. The molecule has 9 nitrogen and oxygen atoms in total. The van der Waals surface area contributed by atoms with Crippen LogP contribution in [-0.2, 0) is 19.2 Å². The zero-order chi connectivity index (χ0) is 13.6. The van der Waals surface area contributed by atoms with Crippen molar-refractivity contribution in [2.75, 3.05) is 0 Å². The molecule has 0 aliphatic heterocycles. The number of carbonyl (C=O) groups excluding carboxylic acids is 2. The van der Waals surface area contributed by atoms with Crippen LogP contribution in [0.3, 0.4) is 0 Å². The summed E-state index contributed by atoms with van der Waals surface area (Å²) < 4.78 is 0. The van der Waals surface area contributed by atoms with Crippen molar-refractivity contribution in [1.29, 1.82) is 0 Å². The molecule has 0 saturated heterocycles. The smallest absolute Gasteiger partial charge is 0.550 e. The van der Waals surface area contributed by atoms with Crippen LogP contribution < -0.4 is 134 Å². The fourth-order valence-electron chi connectivity index (χ4n) is 1.01. The first-order valence-electron chi connectivity index (χ1n) is 4.35. The van der Waals surface area contributed by atoms with Crippen molar-refractivity contribution < 1.29 is 158 Å². The number of hydrogen-bond donors (Lipinski definition) is 3. The predicted octanol–water partition coefficient (Wildman–Crippen LogP) is -16.2. The molecule has 21 heavy (non-hydrogen) atoms. The Balaban J connectivity index is -0.000000213. The molecule has 2 unspecified atom stereocenters. The Hall–Kier alpha value is 1.84. The van der Waals surface area contributed by atoms with Crippen LogP contribution in [0.25, 0.3) is 0 Å². The van der Waals surface area contributed by atoms with E-state index in [0.717, 1.165) is 0 Å². The molecule has 0 radical (unpaired) electrons. The van der Waals surface area contributed by atoms with Crippen molar-refractivity contribution in [3.8, 4) is 0 Å².